The fourth-order valence-electron chi connectivity index (χ4n) is 2.67. The highest BCUT2D eigenvalue weighted by Gasteiger charge is 2.33. The molecule has 2 unspecified atom stereocenters. The number of hydrogen-bond acceptors (Lipinski definition) is 3. The summed E-state index contributed by atoms with van der Waals surface area (Å²) in [6, 6.07) is 13.7. The van der Waals surface area contributed by atoms with Crippen molar-refractivity contribution in [1.29, 1.82) is 0 Å². The van der Waals surface area contributed by atoms with Crippen molar-refractivity contribution in [3.8, 4) is 11.8 Å². The van der Waals surface area contributed by atoms with Crippen LogP contribution >= 0.6 is 0 Å². The van der Waals surface area contributed by atoms with E-state index in [9.17, 15) is 4.79 Å². The highest BCUT2D eigenvalue weighted by atomic mass is 16.5. The summed E-state index contributed by atoms with van der Waals surface area (Å²) in [5, 5.41) is 2.93. The largest absolute Gasteiger partial charge is 0.383 e. The fraction of sp³-hybridized carbons (Fsp3) is 0.263. The minimum Gasteiger partial charge on any atom is -0.383 e. The molecule has 1 aliphatic heterocycles. The van der Waals surface area contributed by atoms with Crippen molar-refractivity contribution in [2.24, 2.45) is 0 Å². The summed E-state index contributed by atoms with van der Waals surface area (Å²) in [5.41, 5.74) is 2.59. The van der Waals surface area contributed by atoms with E-state index in [1.54, 1.807) is 13.3 Å². The Morgan fingerprint density at radius 1 is 1.17 bits per heavy atom. The van der Waals surface area contributed by atoms with Crippen LogP contribution in [0.2, 0.25) is 0 Å². The van der Waals surface area contributed by atoms with Crippen LogP contribution in [0.3, 0.4) is 0 Å². The predicted molar refractivity (Wildman–Crippen MR) is 87.8 cm³/mol. The molecule has 0 aliphatic carbocycles. The summed E-state index contributed by atoms with van der Waals surface area (Å²) < 4.78 is 5.10. The number of pyridine rings is 1. The average molecular weight is 306 g/mol. The maximum absolute atomic E-state index is 12.0. The van der Waals surface area contributed by atoms with Crippen LogP contribution in [0.4, 0.5) is 0 Å². The van der Waals surface area contributed by atoms with Crippen molar-refractivity contribution in [2.45, 2.75) is 18.4 Å². The molecule has 1 aromatic heterocycles. The van der Waals surface area contributed by atoms with E-state index in [0.29, 0.717) is 13.0 Å². The summed E-state index contributed by atoms with van der Waals surface area (Å²) in [7, 11) is 1.64. The highest BCUT2D eigenvalue weighted by Crippen LogP contribution is 2.25. The molecule has 3 rings (SSSR count). The second kappa shape index (κ2) is 7.08. The summed E-state index contributed by atoms with van der Waals surface area (Å²) in [5.74, 6) is 6.00. The Balaban J connectivity index is 1.71. The number of rotatable bonds is 3. The smallest absolute Gasteiger partial charge is 0.229 e. The molecule has 0 radical (unpaired) electrons. The van der Waals surface area contributed by atoms with Crippen LogP contribution in [0.5, 0.6) is 0 Å². The van der Waals surface area contributed by atoms with Gasteiger partial charge in [0.05, 0.1) is 24.3 Å². The van der Waals surface area contributed by atoms with E-state index in [0.717, 1.165) is 16.8 Å². The number of hydrogen-bond donors (Lipinski definition) is 1. The first-order valence-corrected chi connectivity index (χ1v) is 7.58. The average Bonchev–Trinajstić information content (AvgIpc) is 2.95. The van der Waals surface area contributed by atoms with Gasteiger partial charge in [-0.05, 0) is 30.7 Å². The Kier molecular flexibility index (Phi) is 4.70. The third-order valence-corrected chi connectivity index (χ3v) is 3.82. The maximum atomic E-state index is 12.0. The maximum Gasteiger partial charge on any atom is 0.229 e. The molecule has 1 amide bonds. The molecule has 1 saturated heterocycles. The van der Waals surface area contributed by atoms with Crippen LogP contribution in [-0.2, 0) is 9.53 Å². The minimum absolute atomic E-state index is 0.0164. The van der Waals surface area contributed by atoms with Gasteiger partial charge in [-0.3, -0.25) is 9.78 Å². The lowest BCUT2D eigenvalue weighted by atomic mass is 10.0. The molecule has 1 N–H and O–H groups in total. The predicted octanol–water partition coefficient (Wildman–Crippen LogP) is 2.10. The van der Waals surface area contributed by atoms with Crippen molar-refractivity contribution >= 4 is 5.91 Å². The van der Waals surface area contributed by atoms with Crippen LogP contribution < -0.4 is 5.32 Å². The van der Waals surface area contributed by atoms with Gasteiger partial charge in [0, 0.05) is 24.4 Å². The fourth-order valence-corrected chi connectivity index (χ4v) is 2.67. The second-order valence-corrected chi connectivity index (χ2v) is 5.54. The number of methoxy groups -OCH3 is 1. The number of carbonyl (C=O) groups is 1. The summed E-state index contributed by atoms with van der Waals surface area (Å²) in [4.78, 5) is 16.4. The molecule has 1 aromatic carbocycles. The quantitative estimate of drug-likeness (QED) is 0.884. The third-order valence-electron chi connectivity index (χ3n) is 3.82. The molecule has 1 fully saturated rings. The molecular weight excluding hydrogens is 288 g/mol. The van der Waals surface area contributed by atoms with Gasteiger partial charge in [0.1, 0.15) is 0 Å². The normalized spacial score (nSPS) is 19.8. The van der Waals surface area contributed by atoms with E-state index in [-0.39, 0.29) is 17.9 Å². The zero-order valence-electron chi connectivity index (χ0n) is 13.0. The number of aromatic nitrogens is 1. The molecule has 0 bridgehead atoms. The molecule has 2 heterocycles. The van der Waals surface area contributed by atoms with Gasteiger partial charge in [-0.1, -0.05) is 30.0 Å². The monoisotopic (exact) mass is 306 g/mol. The van der Waals surface area contributed by atoms with Gasteiger partial charge in [-0.25, -0.2) is 0 Å². The van der Waals surface area contributed by atoms with Gasteiger partial charge in [0.15, 0.2) is 0 Å². The van der Waals surface area contributed by atoms with Crippen molar-refractivity contribution in [3.05, 3.63) is 65.5 Å². The van der Waals surface area contributed by atoms with Crippen LogP contribution in [-0.4, -0.2) is 30.6 Å². The van der Waals surface area contributed by atoms with E-state index in [1.807, 2.05) is 42.5 Å². The Hall–Kier alpha value is -2.64. The van der Waals surface area contributed by atoms with Crippen LogP contribution in [0, 0.1) is 11.8 Å². The van der Waals surface area contributed by atoms with Gasteiger partial charge in [0.2, 0.25) is 5.91 Å². The van der Waals surface area contributed by atoms with E-state index < -0.39 is 0 Å². The first-order valence-electron chi connectivity index (χ1n) is 7.58. The van der Waals surface area contributed by atoms with Crippen molar-refractivity contribution < 1.29 is 9.53 Å². The molecule has 0 saturated carbocycles. The molecule has 0 spiro atoms. The lowest BCUT2D eigenvalue weighted by molar-refractivity contribution is -0.120. The van der Waals surface area contributed by atoms with Crippen molar-refractivity contribution in [2.75, 3.05) is 13.7 Å². The van der Waals surface area contributed by atoms with Crippen LogP contribution in [0.25, 0.3) is 0 Å². The van der Waals surface area contributed by atoms with Crippen LogP contribution in [0.1, 0.15) is 29.2 Å². The van der Waals surface area contributed by atoms with Gasteiger partial charge >= 0.3 is 0 Å². The molecule has 4 heteroatoms. The first-order chi connectivity index (χ1) is 11.3. The number of amides is 1. The Labute approximate surface area is 135 Å². The van der Waals surface area contributed by atoms with Gasteiger partial charge in [0.25, 0.3) is 0 Å². The Morgan fingerprint density at radius 3 is 2.65 bits per heavy atom. The second-order valence-electron chi connectivity index (χ2n) is 5.54. The first kappa shape index (κ1) is 15.3. The number of nitrogens with one attached hydrogen (secondary N) is 1. The molecular formula is C19H18N2O2. The standard InChI is InChI=1S/C19H18N2O2/c1-23-13-16-11-17(19(22)21-16)18-10-9-15(12-20-18)8-7-14-5-3-2-4-6-14/h2-6,9-10,12,16-17H,11,13H2,1H3,(H,21,22). The molecule has 23 heavy (non-hydrogen) atoms. The van der Waals surface area contributed by atoms with E-state index in [2.05, 4.69) is 22.1 Å². The Morgan fingerprint density at radius 2 is 1.96 bits per heavy atom. The lowest BCUT2D eigenvalue weighted by Crippen LogP contribution is -2.29. The number of carbonyl (C=O) groups excluding carboxylic acids is 1. The minimum atomic E-state index is -0.203. The van der Waals surface area contributed by atoms with E-state index in [1.165, 1.54) is 0 Å². The van der Waals surface area contributed by atoms with E-state index in [4.69, 9.17) is 4.74 Å². The van der Waals surface area contributed by atoms with E-state index >= 15 is 0 Å². The van der Waals surface area contributed by atoms with Crippen molar-refractivity contribution in [3.63, 3.8) is 0 Å². The Bertz CT molecular complexity index is 729. The number of ether oxygens (including phenoxy) is 1. The molecule has 1 aliphatic rings. The number of nitrogens with zero attached hydrogens (tertiary/aromatic N) is 1. The zero-order chi connectivity index (χ0) is 16.1. The number of benzene rings is 1. The van der Waals surface area contributed by atoms with Crippen molar-refractivity contribution in [1.82, 2.24) is 10.3 Å². The zero-order valence-corrected chi connectivity index (χ0v) is 13.0. The summed E-state index contributed by atoms with van der Waals surface area (Å²) >= 11 is 0. The third kappa shape index (κ3) is 3.77. The molecule has 2 aromatic rings. The topological polar surface area (TPSA) is 51.2 Å². The molecule has 116 valence electrons. The van der Waals surface area contributed by atoms with Gasteiger partial charge in [-0.15, -0.1) is 0 Å². The SMILES string of the molecule is COCC1CC(c2ccc(C#Cc3ccccc3)cn2)C(=O)N1. The summed E-state index contributed by atoms with van der Waals surface area (Å²) in [6.45, 7) is 0.531. The van der Waals surface area contributed by atoms with Gasteiger partial charge < -0.3 is 10.1 Å². The lowest BCUT2D eigenvalue weighted by Gasteiger charge is -2.07. The summed E-state index contributed by atoms with van der Waals surface area (Å²) in [6.07, 6.45) is 2.44. The van der Waals surface area contributed by atoms with Gasteiger partial charge in [-0.2, -0.15) is 0 Å². The van der Waals surface area contributed by atoms with Crippen LogP contribution in [0.15, 0.2) is 48.7 Å². The molecule has 4 nitrogen and oxygen atoms in total. The highest BCUT2D eigenvalue weighted by molar-refractivity contribution is 5.85. The molecule has 2 atom stereocenters.